The molecule has 11 heteroatoms. The van der Waals surface area contributed by atoms with Crippen molar-refractivity contribution in [1.82, 2.24) is 40.2 Å². The van der Waals surface area contributed by atoms with Crippen LogP contribution >= 0.6 is 0 Å². The molecule has 1 saturated carbocycles. The van der Waals surface area contributed by atoms with E-state index in [0.717, 1.165) is 67.7 Å². The third-order valence-corrected chi connectivity index (χ3v) is 7.33. The summed E-state index contributed by atoms with van der Waals surface area (Å²) in [6.07, 6.45) is 8.52. The van der Waals surface area contributed by atoms with Crippen LogP contribution < -0.4 is 15.5 Å². The number of halogens is 1. The minimum Gasteiger partial charge on any atom is -0.341 e. The minimum atomic E-state index is -0.373. The maximum atomic E-state index is 13.3. The van der Waals surface area contributed by atoms with Crippen LogP contribution in [0.2, 0.25) is 0 Å². The summed E-state index contributed by atoms with van der Waals surface area (Å²) < 4.78 is 14.8. The summed E-state index contributed by atoms with van der Waals surface area (Å²) in [5, 5.41) is 18.4. The highest BCUT2D eigenvalue weighted by atomic mass is 19.1. The molecule has 0 aromatic carbocycles. The normalized spacial score (nSPS) is 18.1. The molecule has 6 rings (SSSR count). The lowest BCUT2D eigenvalue weighted by Crippen LogP contribution is -2.55. The number of aromatic nitrogens is 7. The van der Waals surface area contributed by atoms with Crippen molar-refractivity contribution in [2.24, 2.45) is 0 Å². The summed E-state index contributed by atoms with van der Waals surface area (Å²) in [4.78, 5) is 16.3. The molecule has 1 aliphatic heterocycles. The molecule has 1 saturated heterocycles. The minimum absolute atomic E-state index is 0.00570. The first kappa shape index (κ1) is 23.5. The summed E-state index contributed by atoms with van der Waals surface area (Å²) >= 11 is 0. The summed E-state index contributed by atoms with van der Waals surface area (Å²) in [5.74, 6) is 2.46. The number of hydrogen-bond acceptors (Lipinski definition) is 8. The lowest BCUT2D eigenvalue weighted by molar-refractivity contribution is 0.242. The molecule has 4 aromatic rings. The molecule has 192 valence electrons. The predicted molar refractivity (Wildman–Crippen MR) is 139 cm³/mol. The summed E-state index contributed by atoms with van der Waals surface area (Å²) in [5.41, 5.74) is 3.01. The van der Waals surface area contributed by atoms with Gasteiger partial charge in [-0.1, -0.05) is 6.07 Å². The van der Waals surface area contributed by atoms with Gasteiger partial charge in [-0.05, 0) is 58.1 Å². The molecule has 2 aliphatic rings. The van der Waals surface area contributed by atoms with Crippen molar-refractivity contribution in [3.63, 3.8) is 0 Å². The second-order valence-corrected chi connectivity index (χ2v) is 10.5. The highest BCUT2D eigenvalue weighted by Gasteiger charge is 2.49. The molecule has 5 heterocycles. The molecule has 0 atom stereocenters. The van der Waals surface area contributed by atoms with E-state index in [0.29, 0.717) is 5.82 Å². The maximum Gasteiger partial charge on any atom is 0.227 e. The quantitative estimate of drug-likeness (QED) is 0.349. The molecule has 2 fully saturated rings. The van der Waals surface area contributed by atoms with Gasteiger partial charge in [-0.25, -0.2) is 19.0 Å². The van der Waals surface area contributed by atoms with Crippen LogP contribution in [0.25, 0.3) is 5.82 Å². The second-order valence-electron chi connectivity index (χ2n) is 10.5. The van der Waals surface area contributed by atoms with E-state index in [9.17, 15) is 4.39 Å². The number of anilines is 3. The van der Waals surface area contributed by atoms with Gasteiger partial charge in [0.2, 0.25) is 5.95 Å². The Labute approximate surface area is 214 Å². The second kappa shape index (κ2) is 8.91. The zero-order valence-corrected chi connectivity index (χ0v) is 21.3. The Morgan fingerprint density at radius 3 is 2.43 bits per heavy atom. The first-order valence-corrected chi connectivity index (χ1v) is 12.7. The Morgan fingerprint density at radius 1 is 1.00 bits per heavy atom. The number of aryl methyl sites for hydroxylation is 2. The SMILES string of the molecule is Cc1cc(Nc2cc(C)[nH]n2)nc(N2CCC(C)(NC3(c4ccc(-n5cc(F)cn5)nc4)CC3)CC2)n1. The Balaban J connectivity index is 1.11. The van der Waals surface area contributed by atoms with Crippen LogP contribution in [0.4, 0.5) is 22.0 Å². The van der Waals surface area contributed by atoms with Gasteiger partial charge in [0.25, 0.3) is 0 Å². The van der Waals surface area contributed by atoms with Crippen LogP contribution in [0, 0.1) is 19.7 Å². The fraction of sp³-hybridized carbons (Fsp3) is 0.423. The van der Waals surface area contributed by atoms with Crippen molar-refractivity contribution in [1.29, 1.82) is 0 Å². The molecular weight excluding hydrogens is 471 g/mol. The number of H-pyrrole nitrogens is 1. The van der Waals surface area contributed by atoms with E-state index in [-0.39, 0.29) is 16.9 Å². The number of nitrogens with zero attached hydrogens (tertiary/aromatic N) is 7. The van der Waals surface area contributed by atoms with E-state index in [4.69, 9.17) is 9.97 Å². The largest absolute Gasteiger partial charge is 0.341 e. The van der Waals surface area contributed by atoms with Gasteiger partial charge >= 0.3 is 0 Å². The van der Waals surface area contributed by atoms with Crippen molar-refractivity contribution >= 4 is 17.6 Å². The number of hydrogen-bond donors (Lipinski definition) is 3. The van der Waals surface area contributed by atoms with E-state index in [1.54, 1.807) is 0 Å². The van der Waals surface area contributed by atoms with Gasteiger partial charge in [-0.3, -0.25) is 5.10 Å². The van der Waals surface area contributed by atoms with Crippen LogP contribution in [0.15, 0.2) is 42.9 Å². The summed E-state index contributed by atoms with van der Waals surface area (Å²) in [7, 11) is 0. The molecule has 4 aromatic heterocycles. The summed E-state index contributed by atoms with van der Waals surface area (Å²) in [6.45, 7) is 8.00. The van der Waals surface area contributed by atoms with Gasteiger partial charge < -0.3 is 15.5 Å². The van der Waals surface area contributed by atoms with E-state index in [2.05, 4.69) is 48.8 Å². The lowest BCUT2D eigenvalue weighted by Gasteiger charge is -2.42. The topological polar surface area (TPSA) is 112 Å². The van der Waals surface area contributed by atoms with E-state index in [1.807, 2.05) is 38.2 Å². The number of pyridine rings is 1. The number of nitrogens with one attached hydrogen (secondary N) is 3. The van der Waals surface area contributed by atoms with Gasteiger partial charge in [0.15, 0.2) is 17.5 Å². The zero-order valence-electron chi connectivity index (χ0n) is 21.3. The third-order valence-electron chi connectivity index (χ3n) is 7.33. The Kier molecular flexibility index (Phi) is 5.67. The number of rotatable bonds is 7. The Bertz CT molecular complexity index is 1400. The average molecular weight is 503 g/mol. The number of piperidine rings is 1. The van der Waals surface area contributed by atoms with Crippen molar-refractivity contribution < 1.29 is 4.39 Å². The molecule has 0 unspecified atom stereocenters. The highest BCUT2D eigenvalue weighted by Crippen LogP contribution is 2.48. The third kappa shape index (κ3) is 4.91. The van der Waals surface area contributed by atoms with E-state index in [1.165, 1.54) is 22.6 Å². The van der Waals surface area contributed by atoms with Crippen LogP contribution in [-0.2, 0) is 5.54 Å². The molecule has 37 heavy (non-hydrogen) atoms. The first-order valence-electron chi connectivity index (χ1n) is 12.7. The molecule has 3 N–H and O–H groups in total. The molecular formula is C26H31FN10. The van der Waals surface area contributed by atoms with Crippen molar-refractivity contribution in [2.75, 3.05) is 23.3 Å². The van der Waals surface area contributed by atoms with E-state index < -0.39 is 0 Å². The van der Waals surface area contributed by atoms with E-state index >= 15 is 0 Å². The predicted octanol–water partition coefficient (Wildman–Crippen LogP) is 3.92. The van der Waals surface area contributed by atoms with Crippen LogP contribution in [0.3, 0.4) is 0 Å². The van der Waals surface area contributed by atoms with Crippen LogP contribution in [-0.4, -0.2) is 53.6 Å². The van der Waals surface area contributed by atoms with Gasteiger partial charge in [0, 0.05) is 53.9 Å². The Morgan fingerprint density at radius 2 is 1.81 bits per heavy atom. The standard InChI is InChI=1S/C26H31FN10/c1-17-12-21(31-22-13-18(2)33-34-22)32-24(30-17)36-10-8-25(3,9-11-36)35-26(6-7-26)19-4-5-23(28-14-19)37-16-20(27)15-29-37/h4-5,12-16,35H,6-11H2,1-3H3,(H2,30,31,32,33,34). The van der Waals surface area contributed by atoms with Gasteiger partial charge in [0.05, 0.1) is 12.4 Å². The number of aromatic amines is 1. The molecule has 1 aliphatic carbocycles. The van der Waals surface area contributed by atoms with Crippen molar-refractivity contribution in [3.05, 3.63) is 65.6 Å². The van der Waals surface area contributed by atoms with Gasteiger partial charge in [0.1, 0.15) is 5.82 Å². The van der Waals surface area contributed by atoms with Gasteiger partial charge in [-0.15, -0.1) is 0 Å². The molecule has 0 bridgehead atoms. The molecule has 10 nitrogen and oxygen atoms in total. The molecule has 0 amide bonds. The smallest absolute Gasteiger partial charge is 0.227 e. The van der Waals surface area contributed by atoms with Gasteiger partial charge in [-0.2, -0.15) is 15.2 Å². The first-order chi connectivity index (χ1) is 17.8. The average Bonchev–Trinajstić information content (AvgIpc) is 3.31. The summed E-state index contributed by atoms with van der Waals surface area (Å²) in [6, 6.07) is 7.86. The molecule has 0 radical (unpaired) electrons. The molecule has 0 spiro atoms. The van der Waals surface area contributed by atoms with Crippen LogP contribution in [0.1, 0.15) is 49.6 Å². The van der Waals surface area contributed by atoms with Crippen molar-refractivity contribution in [3.8, 4) is 5.82 Å². The van der Waals surface area contributed by atoms with Crippen LogP contribution in [0.5, 0.6) is 0 Å². The monoisotopic (exact) mass is 502 g/mol. The highest BCUT2D eigenvalue weighted by molar-refractivity contribution is 5.54. The fourth-order valence-corrected chi connectivity index (χ4v) is 5.12. The fourth-order valence-electron chi connectivity index (χ4n) is 5.12. The lowest BCUT2D eigenvalue weighted by atomic mass is 9.87. The Hall–Kier alpha value is -3.86. The van der Waals surface area contributed by atoms with Crippen molar-refractivity contribution in [2.45, 2.75) is 57.5 Å². The maximum absolute atomic E-state index is 13.3. The zero-order chi connectivity index (χ0) is 25.6.